The van der Waals surface area contributed by atoms with Gasteiger partial charge in [-0.25, -0.2) is 0 Å². The topological polar surface area (TPSA) is 9.23 Å². The molecular weight excluding hydrogens is 214 g/mol. The Labute approximate surface area is 68.2 Å². The van der Waals surface area contributed by atoms with E-state index in [0.29, 0.717) is 19.1 Å². The Hall–Kier alpha value is 1.12. The first-order chi connectivity index (χ1) is 2.91. The molecule has 0 amide bonds. The van der Waals surface area contributed by atoms with Gasteiger partial charge in [0.05, 0.1) is 6.61 Å². The number of hydrogen-bond acceptors (Lipinski definition) is 1. The molecular formula is C4H11ClInO. The van der Waals surface area contributed by atoms with Crippen LogP contribution in [-0.2, 0) is 4.74 Å². The van der Waals surface area contributed by atoms with Crippen molar-refractivity contribution in [2.45, 2.75) is 0 Å². The molecule has 0 aromatic carbocycles. The van der Waals surface area contributed by atoms with Crippen molar-refractivity contribution < 1.29 is 4.74 Å². The molecule has 0 rings (SSSR count). The first kappa shape index (κ1) is 11.0. The van der Waals surface area contributed by atoms with Crippen LogP contribution in [0.2, 0.25) is 0 Å². The number of alkyl halides is 1. The van der Waals surface area contributed by atoms with Gasteiger partial charge in [0.15, 0.2) is 0 Å². The second-order valence-corrected chi connectivity index (χ2v) is 1.18. The molecule has 0 saturated heterocycles. The Balaban J connectivity index is 0. The zero-order valence-electron chi connectivity index (χ0n) is 3.61. The van der Waals surface area contributed by atoms with Gasteiger partial charge in [0.2, 0.25) is 0 Å². The van der Waals surface area contributed by atoms with E-state index in [4.69, 9.17) is 16.3 Å². The molecule has 0 bridgehead atoms. The Kier molecular flexibility index (Phi) is 16.0. The van der Waals surface area contributed by atoms with Crippen molar-refractivity contribution in [1.29, 1.82) is 0 Å². The number of hydrogen-bond donors (Lipinski definition) is 0. The molecule has 0 spiro atoms. The summed E-state index contributed by atoms with van der Waals surface area (Å²) in [5.74, 6) is 0.565. The van der Waals surface area contributed by atoms with Crippen LogP contribution < -0.4 is 0 Å². The summed E-state index contributed by atoms with van der Waals surface area (Å²) < 4.78 is 4.74. The summed E-state index contributed by atoms with van der Waals surface area (Å²) in [6.07, 6.45) is 0. The summed E-state index contributed by atoms with van der Waals surface area (Å²) in [5, 5.41) is 0. The molecule has 7 heavy (non-hydrogen) atoms. The third kappa shape index (κ3) is 11.0. The van der Waals surface area contributed by atoms with Crippen LogP contribution >= 0.6 is 11.6 Å². The molecule has 1 radical (unpaired) electrons. The van der Waals surface area contributed by atoms with Gasteiger partial charge in [-0.3, -0.25) is 0 Å². The van der Waals surface area contributed by atoms with E-state index in [9.17, 15) is 0 Å². The average molecular weight is 225 g/mol. The maximum absolute atomic E-state index is 5.23. The van der Waals surface area contributed by atoms with Crippen molar-refractivity contribution in [1.82, 2.24) is 0 Å². The summed E-state index contributed by atoms with van der Waals surface area (Å²) in [5.41, 5.74) is 0. The van der Waals surface area contributed by atoms with E-state index in [0.717, 1.165) is 0 Å². The molecule has 43 valence electrons. The van der Waals surface area contributed by atoms with Gasteiger partial charge < -0.3 is 4.74 Å². The van der Waals surface area contributed by atoms with E-state index in [-0.39, 0.29) is 25.8 Å². The Morgan fingerprint density at radius 2 is 2.14 bits per heavy atom. The number of rotatable bonds is 3. The third-order valence-electron chi connectivity index (χ3n) is 0.366. The first-order valence-electron chi connectivity index (χ1n) is 1.84. The number of halogens is 1. The molecule has 0 aromatic rings. The molecule has 0 fully saturated rings. The molecule has 0 aliphatic rings. The van der Waals surface area contributed by atoms with Gasteiger partial charge in [-0.1, -0.05) is 0 Å². The van der Waals surface area contributed by atoms with E-state index in [2.05, 4.69) is 6.92 Å². The van der Waals surface area contributed by atoms with Crippen LogP contribution in [0.15, 0.2) is 0 Å². The van der Waals surface area contributed by atoms with Gasteiger partial charge in [-0.2, -0.15) is 0 Å². The van der Waals surface area contributed by atoms with Gasteiger partial charge >= 0.3 is 25.8 Å². The Bertz CT molecular complexity index is 23.7. The molecule has 0 aliphatic heterocycles. The van der Waals surface area contributed by atoms with E-state index in [1.165, 1.54) is 0 Å². The van der Waals surface area contributed by atoms with Gasteiger partial charge in [-0.05, 0) is 6.92 Å². The van der Waals surface area contributed by atoms with Gasteiger partial charge in [-0.15, -0.1) is 11.6 Å². The van der Waals surface area contributed by atoms with Gasteiger partial charge in [0.25, 0.3) is 0 Å². The van der Waals surface area contributed by atoms with Gasteiger partial charge in [0.1, 0.15) is 0 Å². The minimum absolute atomic E-state index is 0. The van der Waals surface area contributed by atoms with Crippen molar-refractivity contribution in [2.24, 2.45) is 0 Å². The third-order valence-corrected chi connectivity index (χ3v) is 0.520. The Morgan fingerprint density at radius 3 is 2.29 bits per heavy atom. The van der Waals surface area contributed by atoms with Crippen molar-refractivity contribution in [3.8, 4) is 0 Å². The molecule has 0 aliphatic carbocycles. The fourth-order valence-corrected chi connectivity index (χ4v) is 0.266. The van der Waals surface area contributed by atoms with Crippen molar-refractivity contribution >= 4 is 37.4 Å². The fraction of sp³-hybridized carbons (Fsp3) is 0.750. The van der Waals surface area contributed by atoms with Crippen LogP contribution in [0, 0.1) is 6.92 Å². The summed E-state index contributed by atoms with van der Waals surface area (Å²) in [6.45, 7) is 4.58. The van der Waals surface area contributed by atoms with E-state index >= 15 is 0 Å². The predicted octanol–water partition coefficient (Wildman–Crippen LogP) is -0.108. The van der Waals surface area contributed by atoms with Crippen LogP contribution in [0.4, 0.5) is 0 Å². The zero-order valence-corrected chi connectivity index (χ0v) is 4.37. The SMILES string of the molecule is [CH2]COCCCl.[InH3]. The quantitative estimate of drug-likeness (QED) is 0.481. The Morgan fingerprint density at radius 1 is 1.57 bits per heavy atom. The van der Waals surface area contributed by atoms with Crippen LogP contribution in [0.5, 0.6) is 0 Å². The second kappa shape index (κ2) is 10.2. The summed E-state index contributed by atoms with van der Waals surface area (Å²) in [6, 6.07) is 0. The summed E-state index contributed by atoms with van der Waals surface area (Å²) >= 11 is 5.23. The van der Waals surface area contributed by atoms with Gasteiger partial charge in [0, 0.05) is 12.5 Å². The van der Waals surface area contributed by atoms with E-state index < -0.39 is 0 Å². The predicted molar refractivity (Wildman–Crippen MR) is 36.8 cm³/mol. The summed E-state index contributed by atoms with van der Waals surface area (Å²) in [7, 11) is 0. The average Bonchev–Trinajstić information content (AvgIpc) is 1.61. The molecule has 0 aromatic heterocycles. The minimum atomic E-state index is 0. The monoisotopic (exact) mass is 225 g/mol. The summed E-state index contributed by atoms with van der Waals surface area (Å²) in [4.78, 5) is 0. The number of ether oxygens (including phenoxy) is 1. The maximum atomic E-state index is 5.23. The van der Waals surface area contributed by atoms with Crippen LogP contribution in [0.3, 0.4) is 0 Å². The van der Waals surface area contributed by atoms with Crippen LogP contribution in [0.1, 0.15) is 0 Å². The first-order valence-corrected chi connectivity index (χ1v) is 2.38. The fourth-order valence-electron chi connectivity index (χ4n) is 0.157. The van der Waals surface area contributed by atoms with Crippen molar-refractivity contribution in [3.63, 3.8) is 0 Å². The van der Waals surface area contributed by atoms with E-state index in [1.54, 1.807) is 0 Å². The van der Waals surface area contributed by atoms with E-state index in [1.807, 2.05) is 0 Å². The van der Waals surface area contributed by atoms with Crippen LogP contribution in [0.25, 0.3) is 0 Å². The van der Waals surface area contributed by atoms with Crippen LogP contribution in [-0.4, -0.2) is 44.9 Å². The molecule has 1 nitrogen and oxygen atoms in total. The molecule has 3 heteroatoms. The molecule has 0 N–H and O–H groups in total. The second-order valence-electron chi connectivity index (χ2n) is 0.801. The van der Waals surface area contributed by atoms with Crippen molar-refractivity contribution in [2.75, 3.05) is 19.1 Å². The molecule has 0 heterocycles. The molecule has 0 atom stereocenters. The zero-order chi connectivity index (χ0) is 4.83. The molecule has 0 saturated carbocycles. The molecule has 0 unspecified atom stereocenters. The standard InChI is InChI=1S/C4H8ClO.In.3H/c1-2-6-4-3-5;;;;/h1-4H2;;;;. The normalized spacial score (nSPS) is 7.71. The van der Waals surface area contributed by atoms with Crippen molar-refractivity contribution in [3.05, 3.63) is 6.92 Å².